The lowest BCUT2D eigenvalue weighted by Gasteiger charge is -2.32. The SMILES string of the molecule is CCC1CCCNC1CNC(=O)c1cnn2ccccc12. The van der Waals surface area contributed by atoms with Gasteiger partial charge in [-0.1, -0.05) is 19.4 Å². The molecule has 5 nitrogen and oxygen atoms in total. The highest BCUT2D eigenvalue weighted by atomic mass is 16.1. The van der Waals surface area contributed by atoms with E-state index in [9.17, 15) is 4.79 Å². The van der Waals surface area contributed by atoms with E-state index in [0.717, 1.165) is 18.5 Å². The van der Waals surface area contributed by atoms with Crippen LogP contribution < -0.4 is 10.6 Å². The predicted octanol–water partition coefficient (Wildman–Crippen LogP) is 1.84. The molecule has 0 aliphatic carbocycles. The van der Waals surface area contributed by atoms with Crippen LogP contribution in [0.2, 0.25) is 0 Å². The highest BCUT2D eigenvalue weighted by Crippen LogP contribution is 2.19. The van der Waals surface area contributed by atoms with Crippen LogP contribution >= 0.6 is 0 Å². The van der Waals surface area contributed by atoms with Crippen molar-refractivity contribution in [2.24, 2.45) is 5.92 Å². The van der Waals surface area contributed by atoms with Crippen molar-refractivity contribution >= 4 is 11.4 Å². The van der Waals surface area contributed by atoms with Crippen LogP contribution in [-0.4, -0.2) is 34.7 Å². The van der Waals surface area contributed by atoms with Gasteiger partial charge in [-0.15, -0.1) is 0 Å². The predicted molar refractivity (Wildman–Crippen MR) is 82.3 cm³/mol. The van der Waals surface area contributed by atoms with Crippen molar-refractivity contribution in [1.82, 2.24) is 20.2 Å². The van der Waals surface area contributed by atoms with Crippen molar-refractivity contribution in [2.75, 3.05) is 13.1 Å². The second-order valence-corrected chi connectivity index (χ2v) is 5.67. The third-order valence-corrected chi connectivity index (χ3v) is 4.41. The van der Waals surface area contributed by atoms with E-state index in [4.69, 9.17) is 0 Å². The van der Waals surface area contributed by atoms with Gasteiger partial charge in [0.25, 0.3) is 5.91 Å². The van der Waals surface area contributed by atoms with Crippen LogP contribution in [0, 0.1) is 5.92 Å². The number of fused-ring (bicyclic) bond motifs is 1. The molecule has 2 aromatic rings. The lowest BCUT2D eigenvalue weighted by molar-refractivity contribution is 0.0944. The molecular weight excluding hydrogens is 264 g/mol. The zero-order valence-electron chi connectivity index (χ0n) is 12.4. The zero-order valence-corrected chi connectivity index (χ0v) is 12.4. The number of hydrogen-bond donors (Lipinski definition) is 2. The molecule has 1 aliphatic rings. The van der Waals surface area contributed by atoms with Crippen molar-refractivity contribution in [3.05, 3.63) is 36.2 Å². The van der Waals surface area contributed by atoms with Gasteiger partial charge in [0, 0.05) is 18.8 Å². The Hall–Kier alpha value is -1.88. The summed E-state index contributed by atoms with van der Waals surface area (Å²) >= 11 is 0. The highest BCUT2D eigenvalue weighted by Gasteiger charge is 2.24. The van der Waals surface area contributed by atoms with Gasteiger partial charge in [-0.25, -0.2) is 4.52 Å². The van der Waals surface area contributed by atoms with Gasteiger partial charge in [0.15, 0.2) is 0 Å². The quantitative estimate of drug-likeness (QED) is 0.901. The Morgan fingerprint density at radius 3 is 3.29 bits per heavy atom. The van der Waals surface area contributed by atoms with E-state index in [2.05, 4.69) is 22.7 Å². The summed E-state index contributed by atoms with van der Waals surface area (Å²) in [7, 11) is 0. The minimum Gasteiger partial charge on any atom is -0.350 e. The van der Waals surface area contributed by atoms with E-state index in [1.54, 1.807) is 10.7 Å². The fourth-order valence-corrected chi connectivity index (χ4v) is 3.15. The Morgan fingerprint density at radius 1 is 1.52 bits per heavy atom. The minimum atomic E-state index is -0.0431. The van der Waals surface area contributed by atoms with Gasteiger partial charge in [0.1, 0.15) is 0 Å². The van der Waals surface area contributed by atoms with Crippen molar-refractivity contribution in [3.8, 4) is 0 Å². The van der Waals surface area contributed by atoms with E-state index >= 15 is 0 Å². The molecule has 0 radical (unpaired) electrons. The van der Waals surface area contributed by atoms with Crippen LogP contribution in [0.1, 0.15) is 36.5 Å². The molecule has 3 rings (SSSR count). The number of hydrogen-bond acceptors (Lipinski definition) is 3. The van der Waals surface area contributed by atoms with Crippen LogP contribution in [0.15, 0.2) is 30.6 Å². The molecule has 1 amide bonds. The van der Waals surface area contributed by atoms with Crippen molar-refractivity contribution in [1.29, 1.82) is 0 Å². The number of nitrogens with one attached hydrogen (secondary N) is 2. The number of amides is 1. The molecule has 0 saturated carbocycles. The van der Waals surface area contributed by atoms with Gasteiger partial charge in [-0.05, 0) is 37.4 Å². The molecule has 0 spiro atoms. The first kappa shape index (κ1) is 14.1. The van der Waals surface area contributed by atoms with Gasteiger partial charge < -0.3 is 10.6 Å². The number of pyridine rings is 1. The third kappa shape index (κ3) is 2.93. The Bertz CT molecular complexity index is 622. The lowest BCUT2D eigenvalue weighted by atomic mass is 9.88. The fourth-order valence-electron chi connectivity index (χ4n) is 3.15. The van der Waals surface area contributed by atoms with E-state index < -0.39 is 0 Å². The van der Waals surface area contributed by atoms with Crippen molar-refractivity contribution < 1.29 is 4.79 Å². The topological polar surface area (TPSA) is 58.4 Å². The molecule has 2 N–H and O–H groups in total. The summed E-state index contributed by atoms with van der Waals surface area (Å²) in [5.41, 5.74) is 1.48. The second kappa shape index (κ2) is 6.26. The summed E-state index contributed by atoms with van der Waals surface area (Å²) in [4.78, 5) is 12.4. The smallest absolute Gasteiger partial charge is 0.255 e. The number of nitrogens with zero attached hydrogens (tertiary/aromatic N) is 2. The number of rotatable bonds is 4. The molecule has 21 heavy (non-hydrogen) atoms. The van der Waals surface area contributed by atoms with Gasteiger partial charge in [0.2, 0.25) is 0 Å². The first-order chi connectivity index (χ1) is 10.3. The Kier molecular flexibility index (Phi) is 4.20. The molecule has 2 atom stereocenters. The van der Waals surface area contributed by atoms with Crippen LogP contribution in [0.3, 0.4) is 0 Å². The molecule has 2 unspecified atom stereocenters. The molecule has 2 aromatic heterocycles. The lowest BCUT2D eigenvalue weighted by Crippen LogP contribution is -2.48. The molecule has 5 heteroatoms. The number of carbonyl (C=O) groups is 1. The fraction of sp³-hybridized carbons (Fsp3) is 0.500. The number of aromatic nitrogens is 2. The first-order valence-electron chi connectivity index (χ1n) is 7.73. The highest BCUT2D eigenvalue weighted by molar-refractivity contribution is 6.00. The summed E-state index contributed by atoms with van der Waals surface area (Å²) in [6.45, 7) is 3.95. The summed E-state index contributed by atoms with van der Waals surface area (Å²) in [5.74, 6) is 0.612. The summed E-state index contributed by atoms with van der Waals surface area (Å²) in [6.07, 6.45) is 7.13. The van der Waals surface area contributed by atoms with E-state index in [1.165, 1.54) is 12.8 Å². The zero-order chi connectivity index (χ0) is 14.7. The molecule has 112 valence electrons. The maximum absolute atomic E-state index is 12.4. The molecule has 1 saturated heterocycles. The minimum absolute atomic E-state index is 0.0431. The maximum Gasteiger partial charge on any atom is 0.255 e. The first-order valence-corrected chi connectivity index (χ1v) is 7.73. The monoisotopic (exact) mass is 286 g/mol. The van der Waals surface area contributed by atoms with Crippen LogP contribution in [0.5, 0.6) is 0 Å². The third-order valence-electron chi connectivity index (χ3n) is 4.41. The summed E-state index contributed by atoms with van der Waals surface area (Å²) in [6, 6.07) is 6.12. The molecule has 1 fully saturated rings. The van der Waals surface area contributed by atoms with E-state index in [1.807, 2.05) is 24.4 Å². The normalized spacial score (nSPS) is 22.3. The van der Waals surface area contributed by atoms with E-state index in [0.29, 0.717) is 24.1 Å². The molecule has 1 aliphatic heterocycles. The molecule has 0 aromatic carbocycles. The van der Waals surface area contributed by atoms with Gasteiger partial charge in [-0.3, -0.25) is 4.79 Å². The van der Waals surface area contributed by atoms with Crippen molar-refractivity contribution in [2.45, 2.75) is 32.2 Å². The standard InChI is InChI=1S/C16H22N4O/c1-2-12-6-5-8-17-14(12)11-18-16(21)13-10-19-20-9-4-3-7-15(13)20/h3-4,7,9-10,12,14,17H,2,5-6,8,11H2,1H3,(H,18,21). The van der Waals surface area contributed by atoms with Crippen LogP contribution in [-0.2, 0) is 0 Å². The van der Waals surface area contributed by atoms with Gasteiger partial charge in [0.05, 0.1) is 17.3 Å². The maximum atomic E-state index is 12.4. The Labute approximate surface area is 124 Å². The van der Waals surface area contributed by atoms with E-state index in [-0.39, 0.29) is 5.91 Å². The number of carbonyl (C=O) groups excluding carboxylic acids is 1. The van der Waals surface area contributed by atoms with Crippen LogP contribution in [0.25, 0.3) is 5.52 Å². The Balaban J connectivity index is 1.66. The average molecular weight is 286 g/mol. The molecule has 0 bridgehead atoms. The molecular formula is C16H22N4O. The molecule has 3 heterocycles. The van der Waals surface area contributed by atoms with Gasteiger partial charge >= 0.3 is 0 Å². The average Bonchev–Trinajstić information content (AvgIpc) is 2.97. The number of piperidine rings is 1. The summed E-state index contributed by atoms with van der Waals surface area (Å²) in [5, 5.41) is 10.8. The van der Waals surface area contributed by atoms with Gasteiger partial charge in [-0.2, -0.15) is 5.10 Å². The summed E-state index contributed by atoms with van der Waals surface area (Å²) < 4.78 is 1.72. The largest absolute Gasteiger partial charge is 0.350 e. The second-order valence-electron chi connectivity index (χ2n) is 5.67. The van der Waals surface area contributed by atoms with Crippen LogP contribution in [0.4, 0.5) is 0 Å². The Morgan fingerprint density at radius 2 is 2.43 bits per heavy atom. The van der Waals surface area contributed by atoms with Crippen molar-refractivity contribution in [3.63, 3.8) is 0 Å².